The Kier molecular flexibility index (Phi) is 6.84. The minimum Gasteiger partial charge on any atom is -0.325 e. The van der Waals surface area contributed by atoms with Gasteiger partial charge in [-0.25, -0.2) is 13.2 Å². The summed E-state index contributed by atoms with van der Waals surface area (Å²) in [4.78, 5) is 28.0. The van der Waals surface area contributed by atoms with E-state index >= 15 is 0 Å². The van der Waals surface area contributed by atoms with Crippen molar-refractivity contribution in [1.29, 1.82) is 0 Å². The molecule has 2 amide bonds. The fraction of sp³-hybridized carbons (Fsp3) is 0.300. The van der Waals surface area contributed by atoms with Crippen molar-refractivity contribution in [1.82, 2.24) is 9.80 Å². The molecule has 6 nitrogen and oxygen atoms in total. The Morgan fingerprint density at radius 1 is 0.690 bits per heavy atom. The smallest absolute Gasteiger partial charge is 0.238 e. The summed E-state index contributed by atoms with van der Waals surface area (Å²) in [6.07, 6.45) is 0. The number of nitrogens with zero attached hydrogens (tertiary/aromatic N) is 2. The first-order valence-corrected chi connectivity index (χ1v) is 9.13. The van der Waals surface area contributed by atoms with E-state index in [-0.39, 0.29) is 36.4 Å². The number of benzene rings is 2. The van der Waals surface area contributed by atoms with E-state index in [0.717, 1.165) is 18.2 Å². The average molecular weight is 406 g/mol. The lowest BCUT2D eigenvalue weighted by molar-refractivity contribution is -0.120. The van der Waals surface area contributed by atoms with Crippen LogP contribution in [0.4, 0.5) is 24.5 Å². The summed E-state index contributed by atoms with van der Waals surface area (Å²) in [7, 11) is 0. The number of rotatable bonds is 6. The molecule has 0 atom stereocenters. The number of carbonyl (C=O) groups excluding carboxylic acids is 2. The molecule has 0 spiro atoms. The fourth-order valence-electron chi connectivity index (χ4n) is 3.07. The van der Waals surface area contributed by atoms with Gasteiger partial charge in [-0.1, -0.05) is 0 Å². The predicted octanol–water partition coefficient (Wildman–Crippen LogP) is 2.30. The highest BCUT2D eigenvalue weighted by molar-refractivity contribution is 5.92. The number of halogens is 3. The number of carbonyl (C=O) groups is 2. The number of nitrogens with one attached hydrogen (secondary N) is 2. The molecule has 9 heteroatoms. The van der Waals surface area contributed by atoms with Crippen LogP contribution in [-0.4, -0.2) is 60.9 Å². The lowest BCUT2D eigenvalue weighted by atomic mass is 10.2. The standard InChI is InChI=1S/C20H21F3N4O2/c21-14-1-3-17(4-2-14)24-19(28)12-26-5-7-27(8-6-26)13-20(29)25-18-10-15(22)9-16(23)11-18/h1-4,9-11H,5-8,12-13H2,(H,24,28)(H,25,29). The number of piperazine rings is 1. The van der Waals surface area contributed by atoms with E-state index in [1.165, 1.54) is 24.3 Å². The summed E-state index contributed by atoms with van der Waals surface area (Å²) >= 11 is 0. The molecule has 2 aromatic rings. The van der Waals surface area contributed by atoms with Crippen LogP contribution < -0.4 is 10.6 Å². The second-order valence-electron chi connectivity index (χ2n) is 6.81. The van der Waals surface area contributed by atoms with E-state index in [2.05, 4.69) is 10.6 Å². The molecule has 0 saturated carbocycles. The maximum Gasteiger partial charge on any atom is 0.238 e. The largest absolute Gasteiger partial charge is 0.325 e. The maximum atomic E-state index is 13.2. The normalized spacial score (nSPS) is 15.1. The van der Waals surface area contributed by atoms with Crippen molar-refractivity contribution in [2.75, 3.05) is 49.9 Å². The zero-order valence-electron chi connectivity index (χ0n) is 15.6. The Labute approximate surface area is 166 Å². The van der Waals surface area contributed by atoms with Gasteiger partial charge in [-0.05, 0) is 36.4 Å². The summed E-state index contributed by atoms with van der Waals surface area (Å²) in [5, 5.41) is 5.19. The molecule has 0 radical (unpaired) electrons. The third kappa shape index (κ3) is 6.58. The highest BCUT2D eigenvalue weighted by Crippen LogP contribution is 2.13. The first kappa shape index (κ1) is 20.8. The van der Waals surface area contributed by atoms with E-state index in [1.54, 1.807) is 0 Å². The predicted molar refractivity (Wildman–Crippen MR) is 103 cm³/mol. The quantitative estimate of drug-likeness (QED) is 0.773. The molecule has 1 saturated heterocycles. The van der Waals surface area contributed by atoms with Crippen LogP contribution in [0.5, 0.6) is 0 Å². The SMILES string of the molecule is O=C(CN1CCN(CC(=O)Nc2cc(F)cc(F)c2)CC1)Nc1ccc(F)cc1. The van der Waals surface area contributed by atoms with Gasteiger partial charge in [0.15, 0.2) is 0 Å². The first-order chi connectivity index (χ1) is 13.9. The second-order valence-corrected chi connectivity index (χ2v) is 6.81. The molecule has 2 aromatic carbocycles. The Hall–Kier alpha value is -2.91. The van der Waals surface area contributed by atoms with Crippen LogP contribution in [0.25, 0.3) is 0 Å². The van der Waals surface area contributed by atoms with Crippen LogP contribution in [0, 0.1) is 17.5 Å². The molecule has 1 heterocycles. The third-order valence-corrected chi connectivity index (χ3v) is 4.47. The van der Waals surface area contributed by atoms with Gasteiger partial charge in [0.05, 0.1) is 13.1 Å². The number of amides is 2. The first-order valence-electron chi connectivity index (χ1n) is 9.13. The lowest BCUT2D eigenvalue weighted by Crippen LogP contribution is -2.50. The lowest BCUT2D eigenvalue weighted by Gasteiger charge is -2.33. The van der Waals surface area contributed by atoms with Crippen LogP contribution in [0.3, 0.4) is 0 Å². The Balaban J connectivity index is 1.40. The topological polar surface area (TPSA) is 64.7 Å². The number of hydrogen-bond acceptors (Lipinski definition) is 4. The summed E-state index contributed by atoms with van der Waals surface area (Å²) in [5.41, 5.74) is 0.601. The van der Waals surface area contributed by atoms with Crippen molar-refractivity contribution >= 4 is 23.2 Å². The van der Waals surface area contributed by atoms with Gasteiger partial charge in [0.1, 0.15) is 17.5 Å². The van der Waals surface area contributed by atoms with Crippen LogP contribution in [0.2, 0.25) is 0 Å². The molecule has 154 valence electrons. The van der Waals surface area contributed by atoms with Crippen LogP contribution in [-0.2, 0) is 9.59 Å². The molecule has 0 unspecified atom stereocenters. The number of anilines is 2. The molecular formula is C20H21F3N4O2. The number of hydrogen-bond donors (Lipinski definition) is 2. The monoisotopic (exact) mass is 406 g/mol. The Morgan fingerprint density at radius 2 is 1.14 bits per heavy atom. The van der Waals surface area contributed by atoms with Gasteiger partial charge in [-0.2, -0.15) is 0 Å². The maximum absolute atomic E-state index is 13.2. The zero-order valence-corrected chi connectivity index (χ0v) is 15.6. The van der Waals surface area contributed by atoms with Crippen molar-refractivity contribution in [3.63, 3.8) is 0 Å². The van der Waals surface area contributed by atoms with Gasteiger partial charge in [0.25, 0.3) is 0 Å². The van der Waals surface area contributed by atoms with Gasteiger partial charge in [-0.15, -0.1) is 0 Å². The molecule has 2 N–H and O–H groups in total. The van der Waals surface area contributed by atoms with Crippen molar-refractivity contribution < 1.29 is 22.8 Å². The van der Waals surface area contributed by atoms with E-state index in [9.17, 15) is 22.8 Å². The van der Waals surface area contributed by atoms with Crippen molar-refractivity contribution in [3.05, 3.63) is 59.9 Å². The van der Waals surface area contributed by atoms with Gasteiger partial charge < -0.3 is 10.6 Å². The summed E-state index contributed by atoms with van der Waals surface area (Å²) in [6, 6.07) is 8.39. The second kappa shape index (κ2) is 9.53. The minimum atomic E-state index is -0.757. The fourth-order valence-corrected chi connectivity index (χ4v) is 3.07. The van der Waals surface area contributed by atoms with Crippen LogP contribution >= 0.6 is 0 Å². The molecule has 3 rings (SSSR count). The van der Waals surface area contributed by atoms with Crippen LogP contribution in [0.1, 0.15) is 0 Å². The van der Waals surface area contributed by atoms with Crippen molar-refractivity contribution in [2.45, 2.75) is 0 Å². The van der Waals surface area contributed by atoms with Crippen molar-refractivity contribution in [2.24, 2.45) is 0 Å². The van der Waals surface area contributed by atoms with E-state index in [0.29, 0.717) is 31.9 Å². The summed E-state index contributed by atoms with van der Waals surface area (Å²) in [5.74, 6) is -2.44. The minimum absolute atomic E-state index is 0.0728. The molecule has 1 fully saturated rings. The van der Waals surface area contributed by atoms with E-state index < -0.39 is 11.6 Å². The molecule has 0 bridgehead atoms. The average Bonchev–Trinajstić information content (AvgIpc) is 2.64. The van der Waals surface area contributed by atoms with E-state index in [4.69, 9.17) is 0 Å². The molecule has 1 aliphatic rings. The highest BCUT2D eigenvalue weighted by Gasteiger charge is 2.21. The molecular weight excluding hydrogens is 385 g/mol. The molecule has 1 aliphatic heterocycles. The van der Waals surface area contributed by atoms with Gasteiger partial charge in [-0.3, -0.25) is 19.4 Å². The van der Waals surface area contributed by atoms with Crippen molar-refractivity contribution in [3.8, 4) is 0 Å². The summed E-state index contributed by atoms with van der Waals surface area (Å²) < 4.78 is 39.3. The highest BCUT2D eigenvalue weighted by atomic mass is 19.1. The Morgan fingerprint density at radius 3 is 1.62 bits per heavy atom. The molecule has 29 heavy (non-hydrogen) atoms. The Bertz CT molecular complexity index is 848. The molecule has 0 aromatic heterocycles. The summed E-state index contributed by atoms with van der Waals surface area (Å²) in [6.45, 7) is 2.63. The zero-order chi connectivity index (χ0) is 20.8. The van der Waals surface area contributed by atoms with Gasteiger partial charge in [0.2, 0.25) is 11.8 Å². The van der Waals surface area contributed by atoms with Gasteiger partial charge >= 0.3 is 0 Å². The molecule has 0 aliphatic carbocycles. The van der Waals surface area contributed by atoms with Gasteiger partial charge in [0, 0.05) is 43.6 Å². The van der Waals surface area contributed by atoms with E-state index in [1.807, 2.05) is 9.80 Å². The third-order valence-electron chi connectivity index (χ3n) is 4.47. The van der Waals surface area contributed by atoms with Crippen LogP contribution in [0.15, 0.2) is 42.5 Å².